The highest BCUT2D eigenvalue weighted by molar-refractivity contribution is 5.47. The summed E-state index contributed by atoms with van der Waals surface area (Å²) in [5, 5.41) is 3.42. The number of likely N-dealkylation sites (N-methyl/N-ethyl adjacent to an activating group) is 2. The molecule has 0 saturated heterocycles. The van der Waals surface area contributed by atoms with E-state index in [-0.39, 0.29) is 0 Å². The van der Waals surface area contributed by atoms with Crippen molar-refractivity contribution in [1.29, 1.82) is 0 Å². The number of pyridine rings is 1. The maximum atomic E-state index is 4.45. The van der Waals surface area contributed by atoms with Gasteiger partial charge in [-0.2, -0.15) is 0 Å². The largest absolute Gasteiger partial charge is 0.368 e. The lowest BCUT2D eigenvalue weighted by molar-refractivity contribution is 0.373. The van der Waals surface area contributed by atoms with Gasteiger partial charge < -0.3 is 15.1 Å². The van der Waals surface area contributed by atoms with Gasteiger partial charge in [-0.15, -0.1) is 0 Å². The van der Waals surface area contributed by atoms with Crippen LogP contribution in [-0.2, 0) is 6.54 Å². The van der Waals surface area contributed by atoms with Crippen LogP contribution in [0.5, 0.6) is 0 Å². The Morgan fingerprint density at radius 2 is 1.95 bits per heavy atom. The minimum absolute atomic E-state index is 0.482. The Balaban J connectivity index is 2.79. The van der Waals surface area contributed by atoms with E-state index >= 15 is 0 Å². The van der Waals surface area contributed by atoms with Crippen molar-refractivity contribution in [2.24, 2.45) is 0 Å². The van der Waals surface area contributed by atoms with Crippen LogP contribution in [0.3, 0.4) is 0 Å². The first-order valence-electron chi connectivity index (χ1n) is 7.53. The summed E-state index contributed by atoms with van der Waals surface area (Å²) in [6.07, 6.45) is 1.91. The molecule has 0 fully saturated rings. The Hall–Kier alpha value is -1.13. The summed E-state index contributed by atoms with van der Waals surface area (Å²) >= 11 is 0. The van der Waals surface area contributed by atoms with Gasteiger partial charge in [-0.05, 0) is 40.1 Å². The molecule has 1 atom stereocenters. The third-order valence-corrected chi connectivity index (χ3v) is 3.33. The van der Waals surface area contributed by atoms with Gasteiger partial charge >= 0.3 is 0 Å². The predicted octanol–water partition coefficient (Wildman–Crippen LogP) is 2.36. The second kappa shape index (κ2) is 8.22. The van der Waals surface area contributed by atoms with Crippen LogP contribution in [0.25, 0.3) is 0 Å². The Bertz CT molecular complexity index is 390. The van der Waals surface area contributed by atoms with Crippen molar-refractivity contribution in [3.8, 4) is 0 Å². The van der Waals surface area contributed by atoms with E-state index in [9.17, 15) is 0 Å². The van der Waals surface area contributed by atoms with E-state index in [0.717, 1.165) is 25.3 Å². The van der Waals surface area contributed by atoms with Crippen LogP contribution in [0.1, 0.15) is 33.4 Å². The third-order valence-electron chi connectivity index (χ3n) is 3.33. The van der Waals surface area contributed by atoms with Crippen LogP contribution in [0.4, 0.5) is 5.69 Å². The van der Waals surface area contributed by atoms with Gasteiger partial charge in [-0.3, -0.25) is 4.98 Å². The number of nitrogens with one attached hydrogen (secondary N) is 1. The summed E-state index contributed by atoms with van der Waals surface area (Å²) in [6.45, 7) is 11.7. The average molecular weight is 278 g/mol. The number of aromatic nitrogens is 1. The summed E-state index contributed by atoms with van der Waals surface area (Å²) in [4.78, 5) is 9.11. The molecular formula is C16H30N4. The van der Waals surface area contributed by atoms with Crippen LogP contribution in [0.15, 0.2) is 18.3 Å². The maximum absolute atomic E-state index is 4.45. The smallest absolute Gasteiger partial charge is 0.0562 e. The molecule has 1 heterocycles. The van der Waals surface area contributed by atoms with Crippen LogP contribution >= 0.6 is 0 Å². The molecule has 114 valence electrons. The highest BCUT2D eigenvalue weighted by atomic mass is 15.2. The first-order chi connectivity index (χ1) is 9.43. The molecule has 0 aromatic carbocycles. The molecule has 20 heavy (non-hydrogen) atoms. The van der Waals surface area contributed by atoms with E-state index in [2.05, 4.69) is 74.0 Å². The topological polar surface area (TPSA) is 31.4 Å². The fraction of sp³-hybridized carbons (Fsp3) is 0.688. The number of hydrogen-bond donors (Lipinski definition) is 1. The summed E-state index contributed by atoms with van der Waals surface area (Å²) in [7, 11) is 4.24. The molecular weight excluding hydrogens is 248 g/mol. The van der Waals surface area contributed by atoms with Gasteiger partial charge in [-0.25, -0.2) is 0 Å². The number of hydrogen-bond acceptors (Lipinski definition) is 4. The van der Waals surface area contributed by atoms with Crippen molar-refractivity contribution in [3.05, 3.63) is 24.0 Å². The zero-order valence-corrected chi connectivity index (χ0v) is 13.8. The normalized spacial score (nSPS) is 13.0. The average Bonchev–Trinajstić information content (AvgIpc) is 2.37. The van der Waals surface area contributed by atoms with E-state index < -0.39 is 0 Å². The van der Waals surface area contributed by atoms with E-state index in [1.807, 2.05) is 6.20 Å². The summed E-state index contributed by atoms with van der Waals surface area (Å²) < 4.78 is 0. The molecule has 4 heteroatoms. The minimum Gasteiger partial charge on any atom is -0.368 e. The Morgan fingerprint density at radius 3 is 2.50 bits per heavy atom. The van der Waals surface area contributed by atoms with Crippen molar-refractivity contribution < 1.29 is 0 Å². The number of rotatable bonds is 8. The fourth-order valence-electron chi connectivity index (χ4n) is 2.43. The standard InChI is InChI=1S/C16H30N4/c1-7-20(14(4)12-19(5)6)16-8-9-17-15(10-16)11-18-13(2)3/h8-10,13-14,18H,7,11-12H2,1-6H3. The van der Waals surface area contributed by atoms with Gasteiger partial charge in [-0.1, -0.05) is 13.8 Å². The van der Waals surface area contributed by atoms with Gasteiger partial charge in [0.1, 0.15) is 0 Å². The van der Waals surface area contributed by atoms with Crippen LogP contribution in [-0.4, -0.2) is 49.2 Å². The molecule has 1 unspecified atom stereocenters. The lowest BCUT2D eigenvalue weighted by Gasteiger charge is -2.32. The van der Waals surface area contributed by atoms with Gasteiger partial charge in [0.05, 0.1) is 5.69 Å². The van der Waals surface area contributed by atoms with Crippen LogP contribution < -0.4 is 10.2 Å². The Morgan fingerprint density at radius 1 is 1.25 bits per heavy atom. The van der Waals surface area contributed by atoms with E-state index in [1.165, 1.54) is 5.69 Å². The van der Waals surface area contributed by atoms with Crippen molar-refractivity contribution in [3.63, 3.8) is 0 Å². The van der Waals surface area contributed by atoms with Gasteiger partial charge in [0, 0.05) is 43.6 Å². The van der Waals surface area contributed by atoms with Crippen LogP contribution in [0.2, 0.25) is 0 Å². The van der Waals surface area contributed by atoms with E-state index in [4.69, 9.17) is 0 Å². The lowest BCUT2D eigenvalue weighted by Crippen LogP contribution is -2.40. The van der Waals surface area contributed by atoms with Crippen molar-refractivity contribution >= 4 is 5.69 Å². The lowest BCUT2D eigenvalue weighted by atomic mass is 10.2. The summed E-state index contributed by atoms with van der Waals surface area (Å²) in [5.74, 6) is 0. The molecule has 1 aromatic heterocycles. The second-order valence-corrected chi connectivity index (χ2v) is 5.94. The Labute approximate surface area is 124 Å². The fourth-order valence-corrected chi connectivity index (χ4v) is 2.43. The molecule has 0 bridgehead atoms. The Kier molecular flexibility index (Phi) is 6.96. The minimum atomic E-state index is 0.482. The molecule has 1 aromatic rings. The monoisotopic (exact) mass is 278 g/mol. The van der Waals surface area contributed by atoms with E-state index in [0.29, 0.717) is 12.1 Å². The van der Waals surface area contributed by atoms with E-state index in [1.54, 1.807) is 0 Å². The molecule has 0 spiro atoms. The predicted molar refractivity (Wildman–Crippen MR) is 87.2 cm³/mol. The highest BCUT2D eigenvalue weighted by Gasteiger charge is 2.14. The molecule has 4 nitrogen and oxygen atoms in total. The molecule has 1 rings (SSSR count). The quantitative estimate of drug-likeness (QED) is 0.791. The zero-order chi connectivity index (χ0) is 15.1. The molecule has 0 aliphatic carbocycles. The van der Waals surface area contributed by atoms with Gasteiger partial charge in [0.15, 0.2) is 0 Å². The summed E-state index contributed by atoms with van der Waals surface area (Å²) in [5.41, 5.74) is 2.36. The van der Waals surface area contributed by atoms with Crippen molar-refractivity contribution in [1.82, 2.24) is 15.2 Å². The number of anilines is 1. The third kappa shape index (κ3) is 5.47. The number of nitrogens with zero attached hydrogens (tertiary/aromatic N) is 3. The van der Waals surface area contributed by atoms with Crippen molar-refractivity contribution in [2.45, 2.75) is 46.3 Å². The summed E-state index contributed by atoms with van der Waals surface area (Å²) in [6, 6.07) is 5.28. The molecule has 0 amide bonds. The molecule has 0 aliphatic rings. The SMILES string of the molecule is CCN(c1ccnc(CNC(C)C)c1)C(C)CN(C)C. The zero-order valence-electron chi connectivity index (χ0n) is 13.8. The molecule has 1 N–H and O–H groups in total. The highest BCUT2D eigenvalue weighted by Crippen LogP contribution is 2.17. The second-order valence-electron chi connectivity index (χ2n) is 5.94. The molecule has 0 radical (unpaired) electrons. The van der Waals surface area contributed by atoms with Crippen molar-refractivity contribution in [2.75, 3.05) is 32.1 Å². The molecule has 0 aliphatic heterocycles. The van der Waals surface area contributed by atoms with Crippen LogP contribution in [0, 0.1) is 0 Å². The molecule has 0 saturated carbocycles. The maximum Gasteiger partial charge on any atom is 0.0562 e. The first kappa shape index (κ1) is 16.9. The van der Waals surface area contributed by atoms with Gasteiger partial charge in [0.2, 0.25) is 0 Å². The first-order valence-corrected chi connectivity index (χ1v) is 7.53. The van der Waals surface area contributed by atoms with Gasteiger partial charge in [0.25, 0.3) is 0 Å².